The summed E-state index contributed by atoms with van der Waals surface area (Å²) in [6.45, 7) is 11.8. The molecule has 278 valence electrons. The summed E-state index contributed by atoms with van der Waals surface area (Å²) >= 11 is 0. The molecule has 14 nitrogen and oxygen atoms in total. The molecule has 5 N–H and O–H groups in total. The number of rotatable bonds is 19. The van der Waals surface area contributed by atoms with Gasteiger partial charge in [-0.15, -0.1) is 0 Å². The van der Waals surface area contributed by atoms with Crippen molar-refractivity contribution in [2.75, 3.05) is 19.7 Å². The number of nitrogens with one attached hydrogen (secondary N) is 5. The molecule has 1 aromatic rings. The predicted molar refractivity (Wildman–Crippen MR) is 186 cm³/mol. The largest absolute Gasteiger partial charge is 0.463 e. The lowest BCUT2D eigenvalue weighted by Gasteiger charge is -2.26. The Balaban J connectivity index is 2.15. The molecule has 1 aliphatic rings. The average Bonchev–Trinajstić information content (AvgIpc) is 3.44. The van der Waals surface area contributed by atoms with E-state index in [2.05, 4.69) is 26.6 Å². The molecule has 0 aliphatic carbocycles. The van der Waals surface area contributed by atoms with Gasteiger partial charge in [0, 0.05) is 31.1 Å². The molecule has 0 radical (unpaired) electrons. The number of hydrogen-bond acceptors (Lipinski definition) is 9. The Morgan fingerprint density at radius 3 is 2.26 bits per heavy atom. The zero-order valence-electron chi connectivity index (χ0n) is 30.2. The van der Waals surface area contributed by atoms with E-state index in [1.165, 1.54) is 12.2 Å². The van der Waals surface area contributed by atoms with Crippen LogP contribution >= 0.6 is 0 Å². The van der Waals surface area contributed by atoms with E-state index in [9.17, 15) is 28.8 Å². The molecule has 1 aliphatic heterocycles. The molecule has 0 saturated carbocycles. The second kappa shape index (κ2) is 21.5. The van der Waals surface area contributed by atoms with Crippen LogP contribution in [0.25, 0.3) is 0 Å². The first-order chi connectivity index (χ1) is 23.7. The summed E-state index contributed by atoms with van der Waals surface area (Å²) in [5.41, 5.74) is 0.130. The topological polar surface area (TPSA) is 190 Å². The average molecular weight is 702 g/mol. The molecular formula is C36H55N5O9. The van der Waals surface area contributed by atoms with Crippen molar-refractivity contribution < 1.29 is 43.0 Å². The summed E-state index contributed by atoms with van der Waals surface area (Å²) in [7, 11) is 0. The summed E-state index contributed by atoms with van der Waals surface area (Å²) in [4.78, 5) is 76.5. The molecular weight excluding hydrogens is 646 g/mol. The van der Waals surface area contributed by atoms with Crippen LogP contribution in [0.3, 0.4) is 0 Å². The van der Waals surface area contributed by atoms with E-state index in [0.29, 0.717) is 32.4 Å². The van der Waals surface area contributed by atoms with Crippen molar-refractivity contribution in [3.05, 3.63) is 48.0 Å². The van der Waals surface area contributed by atoms with E-state index in [0.717, 1.165) is 5.56 Å². The van der Waals surface area contributed by atoms with E-state index >= 15 is 0 Å². The summed E-state index contributed by atoms with van der Waals surface area (Å²) < 4.78 is 15.6. The van der Waals surface area contributed by atoms with E-state index in [-0.39, 0.29) is 50.2 Å². The number of benzene rings is 1. The Kier molecular flexibility index (Phi) is 17.8. The molecule has 1 heterocycles. The maximum absolute atomic E-state index is 13.7. The van der Waals surface area contributed by atoms with Crippen LogP contribution in [0.4, 0.5) is 9.59 Å². The quantitative estimate of drug-likeness (QED) is 0.0621. The number of carbonyl (C=O) groups excluding carboxylic acids is 6. The lowest BCUT2D eigenvalue weighted by atomic mass is 9.96. The smallest absolute Gasteiger partial charge is 0.408 e. The number of unbranched alkanes of at least 4 members (excludes halogenated alkanes) is 1. The number of carbonyl (C=O) groups is 6. The predicted octanol–water partition coefficient (Wildman–Crippen LogP) is 3.64. The lowest BCUT2D eigenvalue weighted by Crippen LogP contribution is -2.55. The van der Waals surface area contributed by atoms with E-state index in [1.54, 1.807) is 39.8 Å². The van der Waals surface area contributed by atoms with Crippen LogP contribution in [0.15, 0.2) is 42.5 Å². The molecule has 4 atom stereocenters. The lowest BCUT2D eigenvalue weighted by molar-refractivity contribution is -0.137. The number of amides is 5. The molecule has 0 spiro atoms. The van der Waals surface area contributed by atoms with Gasteiger partial charge >= 0.3 is 18.2 Å². The van der Waals surface area contributed by atoms with Crippen LogP contribution in [0.5, 0.6) is 0 Å². The monoisotopic (exact) mass is 701 g/mol. The minimum absolute atomic E-state index is 0.00107. The Labute approximate surface area is 295 Å². The highest BCUT2D eigenvalue weighted by molar-refractivity contribution is 5.91. The van der Waals surface area contributed by atoms with Gasteiger partial charge in [-0.25, -0.2) is 14.4 Å². The minimum Gasteiger partial charge on any atom is -0.463 e. The molecule has 1 aromatic carbocycles. The van der Waals surface area contributed by atoms with Crippen LogP contribution in [-0.4, -0.2) is 79.3 Å². The minimum atomic E-state index is -1.05. The number of esters is 1. The van der Waals surface area contributed by atoms with Crippen molar-refractivity contribution in [1.29, 1.82) is 0 Å². The zero-order chi connectivity index (χ0) is 37.1. The molecule has 50 heavy (non-hydrogen) atoms. The van der Waals surface area contributed by atoms with Crippen molar-refractivity contribution in [2.45, 2.75) is 110 Å². The third-order valence-corrected chi connectivity index (χ3v) is 7.53. The molecule has 0 bridgehead atoms. The van der Waals surface area contributed by atoms with Gasteiger partial charge in [0.2, 0.25) is 17.7 Å². The van der Waals surface area contributed by atoms with Crippen molar-refractivity contribution in [3.63, 3.8) is 0 Å². The molecule has 2 rings (SSSR count). The summed E-state index contributed by atoms with van der Waals surface area (Å²) in [5.74, 6) is -2.15. The van der Waals surface area contributed by atoms with Gasteiger partial charge in [-0.3, -0.25) is 14.4 Å². The van der Waals surface area contributed by atoms with Gasteiger partial charge in [0.15, 0.2) is 0 Å². The van der Waals surface area contributed by atoms with E-state index in [4.69, 9.17) is 14.2 Å². The fourth-order valence-electron chi connectivity index (χ4n) is 5.16. The summed E-state index contributed by atoms with van der Waals surface area (Å²) in [6, 6.07) is 6.36. The van der Waals surface area contributed by atoms with Gasteiger partial charge in [0.05, 0.1) is 6.61 Å². The van der Waals surface area contributed by atoms with Crippen molar-refractivity contribution >= 4 is 35.9 Å². The molecule has 0 aromatic heterocycles. The fourth-order valence-corrected chi connectivity index (χ4v) is 5.16. The highest BCUT2D eigenvalue weighted by Gasteiger charge is 2.31. The number of alkyl carbamates (subject to hydrolysis) is 2. The van der Waals surface area contributed by atoms with Gasteiger partial charge in [0.25, 0.3) is 0 Å². The molecule has 0 unspecified atom stereocenters. The maximum atomic E-state index is 13.7. The van der Waals surface area contributed by atoms with Gasteiger partial charge in [-0.1, -0.05) is 50.3 Å². The SMILES string of the molecule is CCOC(=O)/C=C/[C@H](C[C@@H]1CCNC1=O)NC(=O)[C@H](CC(C)C)NC(=O)[C@H](CCCCNC(=O)OC(C)(C)C)NC(=O)OCc1ccccc1. The first kappa shape index (κ1) is 41.6. The van der Waals surface area contributed by atoms with Crippen LogP contribution in [-0.2, 0) is 40.0 Å². The zero-order valence-corrected chi connectivity index (χ0v) is 30.2. The summed E-state index contributed by atoms with van der Waals surface area (Å²) in [5, 5.41) is 13.8. The maximum Gasteiger partial charge on any atom is 0.408 e. The van der Waals surface area contributed by atoms with Crippen LogP contribution in [0.2, 0.25) is 0 Å². The van der Waals surface area contributed by atoms with Crippen molar-refractivity contribution in [1.82, 2.24) is 26.6 Å². The molecule has 5 amide bonds. The van der Waals surface area contributed by atoms with Crippen LogP contribution in [0, 0.1) is 11.8 Å². The van der Waals surface area contributed by atoms with Crippen molar-refractivity contribution in [3.8, 4) is 0 Å². The Morgan fingerprint density at radius 2 is 1.64 bits per heavy atom. The highest BCUT2D eigenvalue weighted by atomic mass is 16.6. The summed E-state index contributed by atoms with van der Waals surface area (Å²) in [6.07, 6.45) is 3.60. The van der Waals surface area contributed by atoms with Gasteiger partial charge < -0.3 is 40.8 Å². The van der Waals surface area contributed by atoms with Gasteiger partial charge in [-0.2, -0.15) is 0 Å². The fraction of sp³-hybridized carbons (Fsp3) is 0.611. The second-order valence-corrected chi connectivity index (χ2v) is 13.6. The Hall–Kier alpha value is -4.62. The molecule has 1 fully saturated rings. The van der Waals surface area contributed by atoms with Crippen LogP contribution < -0.4 is 26.6 Å². The number of hydrogen-bond donors (Lipinski definition) is 5. The second-order valence-electron chi connectivity index (χ2n) is 13.6. The standard InChI is InChI=1S/C36H55N5O9/c1-7-48-30(42)17-16-27(22-26-18-20-37-31(26)43)39-33(45)29(21-24(2)3)40-32(44)28(15-11-12-19-38-34(46)50-36(4,5)6)41-35(47)49-23-25-13-9-8-10-14-25/h8-10,13-14,16-17,24,26-29H,7,11-12,15,18-23H2,1-6H3,(H,37,43)(H,38,46)(H,39,45)(H,40,44)(H,41,47)/b17-16+/t26-,27+,28-,29-/m0/s1. The highest BCUT2D eigenvalue weighted by Crippen LogP contribution is 2.18. The normalized spacial score (nSPS) is 16.1. The first-order valence-electron chi connectivity index (χ1n) is 17.3. The first-order valence-corrected chi connectivity index (χ1v) is 17.3. The van der Waals surface area contributed by atoms with E-state index in [1.807, 2.05) is 32.0 Å². The third-order valence-electron chi connectivity index (χ3n) is 7.53. The third kappa shape index (κ3) is 17.2. The Bertz CT molecular complexity index is 1300. The van der Waals surface area contributed by atoms with Gasteiger partial charge in [-0.05, 0) is 77.7 Å². The molecule has 1 saturated heterocycles. The van der Waals surface area contributed by atoms with E-state index < -0.39 is 53.7 Å². The van der Waals surface area contributed by atoms with Gasteiger partial charge in [0.1, 0.15) is 24.3 Å². The Morgan fingerprint density at radius 1 is 0.940 bits per heavy atom. The van der Waals surface area contributed by atoms with Crippen LogP contribution in [0.1, 0.15) is 85.6 Å². The van der Waals surface area contributed by atoms with Crippen molar-refractivity contribution in [2.24, 2.45) is 11.8 Å². The number of ether oxygens (including phenoxy) is 3. The molecule has 14 heteroatoms.